The number of carbonyl (C=O) groups is 1. The Hall–Kier alpha value is -1.58. The molecule has 2 atom stereocenters. The first kappa shape index (κ1) is 15.8. The molecule has 0 aromatic heterocycles. The average molecular weight is 292 g/mol. The summed E-state index contributed by atoms with van der Waals surface area (Å²) in [6.07, 6.45) is 4.60. The first-order chi connectivity index (χ1) is 10.1. The van der Waals surface area contributed by atoms with Gasteiger partial charge in [0.1, 0.15) is 5.82 Å². The van der Waals surface area contributed by atoms with Gasteiger partial charge in [0.2, 0.25) is 0 Å². The van der Waals surface area contributed by atoms with Crippen LogP contribution < -0.4 is 5.32 Å². The van der Waals surface area contributed by atoms with Crippen LogP contribution in [0.5, 0.6) is 0 Å². The zero-order valence-corrected chi connectivity index (χ0v) is 13.2. The smallest absolute Gasteiger partial charge is 0.256 e. The number of nitrogens with one attached hydrogen (secondary N) is 1. The van der Waals surface area contributed by atoms with Crippen molar-refractivity contribution < 1.29 is 9.18 Å². The highest BCUT2D eigenvalue weighted by Crippen LogP contribution is 2.29. The van der Waals surface area contributed by atoms with Crippen molar-refractivity contribution in [2.75, 3.05) is 18.9 Å². The van der Waals surface area contributed by atoms with Crippen molar-refractivity contribution in [2.24, 2.45) is 5.92 Å². The molecule has 2 rings (SSSR count). The molecule has 1 saturated carbocycles. The summed E-state index contributed by atoms with van der Waals surface area (Å²) in [5, 5.41) is 2.97. The van der Waals surface area contributed by atoms with E-state index in [9.17, 15) is 9.18 Å². The number of carbonyl (C=O) groups excluding carboxylic acids is 1. The first-order valence-corrected chi connectivity index (χ1v) is 7.85. The van der Waals surface area contributed by atoms with Crippen LogP contribution in [0.3, 0.4) is 0 Å². The van der Waals surface area contributed by atoms with Crippen molar-refractivity contribution in [1.82, 2.24) is 4.90 Å². The van der Waals surface area contributed by atoms with Crippen molar-refractivity contribution in [2.45, 2.75) is 45.6 Å². The molecule has 1 N–H and O–H groups in total. The Labute approximate surface area is 126 Å². The molecule has 0 saturated heterocycles. The van der Waals surface area contributed by atoms with Crippen LogP contribution in [0.4, 0.5) is 10.1 Å². The van der Waals surface area contributed by atoms with Crippen LogP contribution in [0.1, 0.15) is 49.9 Å². The lowest BCUT2D eigenvalue weighted by atomic mass is 9.85. The molecule has 0 radical (unpaired) electrons. The van der Waals surface area contributed by atoms with E-state index in [1.807, 2.05) is 14.0 Å². The van der Waals surface area contributed by atoms with Gasteiger partial charge in [-0.2, -0.15) is 0 Å². The van der Waals surface area contributed by atoms with E-state index in [1.165, 1.54) is 12.5 Å². The average Bonchev–Trinajstić information content (AvgIpc) is 2.48. The maximum Gasteiger partial charge on any atom is 0.256 e. The highest BCUT2D eigenvalue weighted by molar-refractivity contribution is 5.99. The van der Waals surface area contributed by atoms with Crippen LogP contribution in [0.2, 0.25) is 0 Å². The predicted molar refractivity (Wildman–Crippen MR) is 84.1 cm³/mol. The van der Waals surface area contributed by atoms with Crippen molar-refractivity contribution in [1.29, 1.82) is 0 Å². The third-order valence-electron chi connectivity index (χ3n) is 4.48. The number of hydrogen-bond acceptors (Lipinski definition) is 2. The van der Waals surface area contributed by atoms with Crippen molar-refractivity contribution in [3.8, 4) is 0 Å². The van der Waals surface area contributed by atoms with Crippen molar-refractivity contribution in [3.05, 3.63) is 29.6 Å². The normalized spacial score (nSPS) is 21.9. The lowest BCUT2D eigenvalue weighted by Gasteiger charge is -2.36. The Morgan fingerprint density at radius 1 is 1.38 bits per heavy atom. The summed E-state index contributed by atoms with van der Waals surface area (Å²) in [7, 11) is 1.84. The Bertz CT molecular complexity index is 504. The third-order valence-corrected chi connectivity index (χ3v) is 4.48. The zero-order chi connectivity index (χ0) is 15.4. The molecule has 1 aromatic rings. The Morgan fingerprint density at radius 2 is 2.10 bits per heavy atom. The van der Waals surface area contributed by atoms with E-state index in [2.05, 4.69) is 12.2 Å². The number of nitrogens with zero attached hydrogens (tertiary/aromatic N) is 1. The molecule has 1 fully saturated rings. The molecule has 0 aliphatic heterocycles. The summed E-state index contributed by atoms with van der Waals surface area (Å²) < 4.78 is 13.9. The van der Waals surface area contributed by atoms with E-state index in [-0.39, 0.29) is 17.8 Å². The molecule has 3 nitrogen and oxygen atoms in total. The molecule has 0 bridgehead atoms. The minimum Gasteiger partial charge on any atom is -0.382 e. The third kappa shape index (κ3) is 3.36. The number of rotatable bonds is 4. The standard InChI is InChI=1S/C17H25FN2O/c1-4-19-16-13(9-7-10-14(16)18)17(21)20(3)15-11-6-5-8-12(15)2/h7,9-10,12,15,19H,4-6,8,11H2,1-3H3. The summed E-state index contributed by atoms with van der Waals surface area (Å²) >= 11 is 0. The molecule has 1 aliphatic carbocycles. The van der Waals surface area contributed by atoms with Gasteiger partial charge in [-0.05, 0) is 37.8 Å². The minimum atomic E-state index is -0.368. The van der Waals surface area contributed by atoms with Gasteiger partial charge in [-0.15, -0.1) is 0 Å². The largest absolute Gasteiger partial charge is 0.382 e. The topological polar surface area (TPSA) is 32.3 Å². The molecule has 1 amide bonds. The molecule has 0 heterocycles. The van der Waals surface area contributed by atoms with E-state index in [1.54, 1.807) is 17.0 Å². The van der Waals surface area contributed by atoms with Gasteiger partial charge < -0.3 is 10.2 Å². The molecule has 116 valence electrons. The van der Waals surface area contributed by atoms with Crippen LogP contribution >= 0.6 is 0 Å². The monoisotopic (exact) mass is 292 g/mol. The first-order valence-electron chi connectivity index (χ1n) is 7.85. The predicted octanol–water partition coefficient (Wildman–Crippen LogP) is 3.91. The summed E-state index contributed by atoms with van der Waals surface area (Å²) in [6, 6.07) is 4.94. The minimum absolute atomic E-state index is 0.0933. The summed E-state index contributed by atoms with van der Waals surface area (Å²) in [5.41, 5.74) is 0.748. The second kappa shape index (κ2) is 6.92. The molecule has 21 heavy (non-hydrogen) atoms. The fourth-order valence-corrected chi connectivity index (χ4v) is 3.27. The number of hydrogen-bond donors (Lipinski definition) is 1. The van der Waals surface area contributed by atoms with E-state index >= 15 is 0 Å². The van der Waals surface area contributed by atoms with Gasteiger partial charge in [-0.3, -0.25) is 4.79 Å². The van der Waals surface area contributed by atoms with Gasteiger partial charge in [0.05, 0.1) is 11.3 Å². The second-order valence-electron chi connectivity index (χ2n) is 5.94. The van der Waals surface area contributed by atoms with Crippen LogP contribution in [-0.2, 0) is 0 Å². The zero-order valence-electron chi connectivity index (χ0n) is 13.2. The maximum atomic E-state index is 13.9. The Balaban J connectivity index is 2.24. The highest BCUT2D eigenvalue weighted by Gasteiger charge is 2.29. The second-order valence-corrected chi connectivity index (χ2v) is 5.94. The quantitative estimate of drug-likeness (QED) is 0.912. The van der Waals surface area contributed by atoms with Crippen LogP contribution in [0.25, 0.3) is 0 Å². The molecule has 1 aromatic carbocycles. The molecule has 1 aliphatic rings. The molecule has 4 heteroatoms. The van der Waals surface area contributed by atoms with Gasteiger partial charge in [-0.1, -0.05) is 25.8 Å². The van der Waals surface area contributed by atoms with Crippen LogP contribution in [0, 0.1) is 11.7 Å². The van der Waals surface area contributed by atoms with Gasteiger partial charge in [-0.25, -0.2) is 4.39 Å². The molecular formula is C17H25FN2O. The number of anilines is 1. The molecule has 2 unspecified atom stereocenters. The summed E-state index contributed by atoms with van der Waals surface area (Å²) in [5.74, 6) is 0.0424. The van der Waals surface area contributed by atoms with E-state index in [0.29, 0.717) is 23.7 Å². The van der Waals surface area contributed by atoms with Crippen molar-refractivity contribution in [3.63, 3.8) is 0 Å². The van der Waals surface area contributed by atoms with Gasteiger partial charge in [0.25, 0.3) is 5.91 Å². The Morgan fingerprint density at radius 3 is 2.76 bits per heavy atom. The number of halogens is 1. The fourth-order valence-electron chi connectivity index (χ4n) is 3.27. The van der Waals surface area contributed by atoms with Crippen molar-refractivity contribution >= 4 is 11.6 Å². The fraction of sp³-hybridized carbons (Fsp3) is 0.588. The van der Waals surface area contributed by atoms with Crippen LogP contribution in [0.15, 0.2) is 18.2 Å². The maximum absolute atomic E-state index is 13.9. The molecule has 0 spiro atoms. The molecular weight excluding hydrogens is 267 g/mol. The van der Waals surface area contributed by atoms with Gasteiger partial charge in [0.15, 0.2) is 0 Å². The van der Waals surface area contributed by atoms with E-state index in [4.69, 9.17) is 0 Å². The lowest BCUT2D eigenvalue weighted by molar-refractivity contribution is 0.0629. The number of benzene rings is 1. The number of amides is 1. The van der Waals surface area contributed by atoms with Crippen LogP contribution in [-0.4, -0.2) is 30.4 Å². The van der Waals surface area contributed by atoms with E-state index in [0.717, 1.165) is 19.3 Å². The van der Waals surface area contributed by atoms with Gasteiger partial charge in [0, 0.05) is 19.6 Å². The Kier molecular flexibility index (Phi) is 5.21. The number of para-hydroxylation sites is 1. The summed E-state index contributed by atoms with van der Waals surface area (Å²) in [4.78, 5) is 14.6. The summed E-state index contributed by atoms with van der Waals surface area (Å²) in [6.45, 7) is 4.68. The van der Waals surface area contributed by atoms with Gasteiger partial charge >= 0.3 is 0 Å². The SMILES string of the molecule is CCNc1c(F)cccc1C(=O)N(C)C1CCCCC1C. The lowest BCUT2D eigenvalue weighted by Crippen LogP contribution is -2.42. The van der Waals surface area contributed by atoms with E-state index < -0.39 is 0 Å². The highest BCUT2D eigenvalue weighted by atomic mass is 19.1.